The molecule has 1 aromatic carbocycles. The lowest BCUT2D eigenvalue weighted by molar-refractivity contribution is 0.876. The van der Waals surface area contributed by atoms with Gasteiger partial charge in [-0.05, 0) is 26.0 Å². The molecule has 0 unspecified atom stereocenters. The van der Waals surface area contributed by atoms with E-state index in [4.69, 9.17) is 11.6 Å². The van der Waals surface area contributed by atoms with Gasteiger partial charge in [0.2, 0.25) is 11.9 Å². The van der Waals surface area contributed by atoms with Crippen LogP contribution in [0.2, 0.25) is 5.02 Å². The van der Waals surface area contributed by atoms with Crippen molar-refractivity contribution < 1.29 is 0 Å². The molecule has 5 nitrogen and oxygen atoms in total. The van der Waals surface area contributed by atoms with Gasteiger partial charge < -0.3 is 10.6 Å². The molecule has 0 saturated carbocycles. The summed E-state index contributed by atoms with van der Waals surface area (Å²) in [6.07, 6.45) is 0. The van der Waals surface area contributed by atoms with Gasteiger partial charge in [0.1, 0.15) is 0 Å². The zero-order valence-electron chi connectivity index (χ0n) is 9.66. The van der Waals surface area contributed by atoms with Crippen LogP contribution in [0, 0.1) is 0 Å². The van der Waals surface area contributed by atoms with E-state index in [9.17, 15) is 0 Å². The molecular weight excluding hydrogens is 238 g/mol. The SMILES string of the molecule is CC(C)Nc1n[nH]c(Nc2ccccc2Cl)n1. The van der Waals surface area contributed by atoms with Crippen molar-refractivity contribution in [2.45, 2.75) is 19.9 Å². The van der Waals surface area contributed by atoms with Crippen molar-refractivity contribution in [3.8, 4) is 0 Å². The second kappa shape index (κ2) is 5.05. The standard InChI is InChI=1S/C11H14ClN5/c1-7(2)13-10-15-11(17-16-10)14-9-6-4-3-5-8(9)12/h3-7H,1-2H3,(H3,13,14,15,16,17). The lowest BCUT2D eigenvalue weighted by Crippen LogP contribution is -2.10. The molecule has 1 heterocycles. The van der Waals surface area contributed by atoms with E-state index in [1.54, 1.807) is 0 Å². The Balaban J connectivity index is 2.09. The van der Waals surface area contributed by atoms with Crippen LogP contribution in [0.1, 0.15) is 13.8 Å². The summed E-state index contributed by atoms with van der Waals surface area (Å²) in [5.41, 5.74) is 0.793. The van der Waals surface area contributed by atoms with Crippen LogP contribution in [0.4, 0.5) is 17.6 Å². The maximum absolute atomic E-state index is 6.03. The van der Waals surface area contributed by atoms with E-state index in [0.29, 0.717) is 23.0 Å². The molecule has 2 rings (SSSR count). The Labute approximate surface area is 105 Å². The minimum absolute atomic E-state index is 0.291. The number of aromatic amines is 1. The zero-order valence-corrected chi connectivity index (χ0v) is 10.4. The highest BCUT2D eigenvalue weighted by Gasteiger charge is 2.05. The summed E-state index contributed by atoms with van der Waals surface area (Å²) in [6.45, 7) is 4.05. The molecule has 0 bridgehead atoms. The molecule has 0 aliphatic rings. The highest BCUT2D eigenvalue weighted by Crippen LogP contribution is 2.23. The molecule has 0 amide bonds. The molecule has 90 valence electrons. The summed E-state index contributed by atoms with van der Waals surface area (Å²) in [5.74, 6) is 1.12. The van der Waals surface area contributed by atoms with Crippen LogP contribution >= 0.6 is 11.6 Å². The smallest absolute Gasteiger partial charge is 0.243 e. The summed E-state index contributed by atoms with van der Waals surface area (Å²) >= 11 is 6.03. The fourth-order valence-corrected chi connectivity index (χ4v) is 1.51. The van der Waals surface area contributed by atoms with Crippen molar-refractivity contribution in [1.82, 2.24) is 15.2 Å². The molecule has 1 aromatic heterocycles. The zero-order chi connectivity index (χ0) is 12.3. The van der Waals surface area contributed by atoms with Crippen molar-refractivity contribution in [3.05, 3.63) is 29.3 Å². The van der Waals surface area contributed by atoms with Gasteiger partial charge in [0.15, 0.2) is 0 Å². The highest BCUT2D eigenvalue weighted by molar-refractivity contribution is 6.33. The molecule has 0 saturated heterocycles. The van der Waals surface area contributed by atoms with Gasteiger partial charge in [-0.3, -0.25) is 0 Å². The van der Waals surface area contributed by atoms with Gasteiger partial charge in [0.25, 0.3) is 0 Å². The van der Waals surface area contributed by atoms with Crippen molar-refractivity contribution in [3.63, 3.8) is 0 Å². The predicted octanol–water partition coefficient (Wildman–Crippen LogP) is 3.02. The summed E-state index contributed by atoms with van der Waals surface area (Å²) in [6, 6.07) is 7.75. The Morgan fingerprint density at radius 2 is 2.06 bits per heavy atom. The maximum Gasteiger partial charge on any atom is 0.243 e. The number of aromatic nitrogens is 3. The third kappa shape index (κ3) is 3.10. The van der Waals surface area contributed by atoms with Gasteiger partial charge in [-0.15, -0.1) is 5.10 Å². The number of hydrogen-bond acceptors (Lipinski definition) is 4. The Morgan fingerprint density at radius 1 is 1.29 bits per heavy atom. The molecule has 2 aromatic rings. The highest BCUT2D eigenvalue weighted by atomic mass is 35.5. The van der Waals surface area contributed by atoms with E-state index in [1.807, 2.05) is 38.1 Å². The average molecular weight is 252 g/mol. The molecule has 3 N–H and O–H groups in total. The van der Waals surface area contributed by atoms with E-state index >= 15 is 0 Å². The fraction of sp³-hybridized carbons (Fsp3) is 0.273. The van der Waals surface area contributed by atoms with Gasteiger partial charge in [-0.1, -0.05) is 23.7 Å². The Kier molecular flexibility index (Phi) is 3.49. The number of anilines is 3. The van der Waals surface area contributed by atoms with Gasteiger partial charge in [-0.25, -0.2) is 5.10 Å². The number of halogens is 1. The van der Waals surface area contributed by atoms with E-state index in [0.717, 1.165) is 5.69 Å². The molecule has 0 spiro atoms. The molecule has 17 heavy (non-hydrogen) atoms. The first kappa shape index (κ1) is 11.7. The van der Waals surface area contributed by atoms with Crippen LogP contribution < -0.4 is 10.6 Å². The minimum atomic E-state index is 0.291. The number of hydrogen-bond donors (Lipinski definition) is 3. The first-order valence-electron chi connectivity index (χ1n) is 5.35. The number of benzene rings is 1. The second-order valence-corrected chi connectivity index (χ2v) is 4.32. The van der Waals surface area contributed by atoms with Gasteiger partial charge >= 0.3 is 0 Å². The largest absolute Gasteiger partial charge is 0.351 e. The van der Waals surface area contributed by atoms with Gasteiger partial charge in [-0.2, -0.15) is 4.98 Å². The Bertz CT molecular complexity index is 494. The normalized spacial score (nSPS) is 10.6. The lowest BCUT2D eigenvalue weighted by atomic mass is 10.3. The molecule has 0 aliphatic carbocycles. The summed E-state index contributed by atoms with van der Waals surface area (Å²) < 4.78 is 0. The molecule has 0 aliphatic heterocycles. The lowest BCUT2D eigenvalue weighted by Gasteiger charge is -2.04. The van der Waals surface area contributed by atoms with Crippen molar-refractivity contribution in [1.29, 1.82) is 0 Å². The van der Waals surface area contributed by atoms with E-state index < -0.39 is 0 Å². The van der Waals surface area contributed by atoms with Crippen LogP contribution in [0.3, 0.4) is 0 Å². The van der Waals surface area contributed by atoms with Crippen LogP contribution in [-0.2, 0) is 0 Å². The fourth-order valence-electron chi connectivity index (χ4n) is 1.33. The van der Waals surface area contributed by atoms with Crippen LogP contribution in [0.25, 0.3) is 0 Å². The number of rotatable bonds is 4. The average Bonchev–Trinajstić information content (AvgIpc) is 2.68. The topological polar surface area (TPSA) is 65.6 Å². The number of nitrogens with zero attached hydrogens (tertiary/aromatic N) is 2. The Hall–Kier alpha value is -1.75. The van der Waals surface area contributed by atoms with Gasteiger partial charge in [0.05, 0.1) is 10.7 Å². The minimum Gasteiger partial charge on any atom is -0.351 e. The van der Waals surface area contributed by atoms with Gasteiger partial charge in [0, 0.05) is 6.04 Å². The first-order valence-corrected chi connectivity index (χ1v) is 5.73. The van der Waals surface area contributed by atoms with E-state index in [1.165, 1.54) is 0 Å². The number of nitrogens with one attached hydrogen (secondary N) is 3. The summed E-state index contributed by atoms with van der Waals surface area (Å²) in [4.78, 5) is 4.24. The van der Waals surface area contributed by atoms with Crippen molar-refractivity contribution in [2.75, 3.05) is 10.6 Å². The van der Waals surface area contributed by atoms with E-state index in [2.05, 4.69) is 25.8 Å². The van der Waals surface area contributed by atoms with Crippen molar-refractivity contribution >= 4 is 29.2 Å². The third-order valence-electron chi connectivity index (χ3n) is 2.03. The molecule has 0 fully saturated rings. The van der Waals surface area contributed by atoms with Crippen LogP contribution in [0.5, 0.6) is 0 Å². The monoisotopic (exact) mass is 251 g/mol. The molecule has 6 heteroatoms. The van der Waals surface area contributed by atoms with Crippen LogP contribution in [0.15, 0.2) is 24.3 Å². The molecular formula is C11H14ClN5. The maximum atomic E-state index is 6.03. The second-order valence-electron chi connectivity index (χ2n) is 3.91. The summed E-state index contributed by atoms with van der Waals surface area (Å²) in [7, 11) is 0. The first-order chi connectivity index (χ1) is 8.15. The number of para-hydroxylation sites is 1. The quantitative estimate of drug-likeness (QED) is 0.782. The number of H-pyrrole nitrogens is 1. The molecule has 0 radical (unpaired) electrons. The Morgan fingerprint density at radius 3 is 2.76 bits per heavy atom. The predicted molar refractivity (Wildman–Crippen MR) is 69.9 cm³/mol. The third-order valence-corrected chi connectivity index (χ3v) is 2.36. The van der Waals surface area contributed by atoms with Crippen molar-refractivity contribution in [2.24, 2.45) is 0 Å². The van der Waals surface area contributed by atoms with E-state index in [-0.39, 0.29) is 0 Å². The van der Waals surface area contributed by atoms with Crippen LogP contribution in [-0.4, -0.2) is 21.2 Å². The molecule has 0 atom stereocenters. The summed E-state index contributed by atoms with van der Waals surface area (Å²) in [5, 5.41) is 13.6.